The van der Waals surface area contributed by atoms with Crippen LogP contribution in [0.3, 0.4) is 0 Å². The lowest BCUT2D eigenvalue weighted by Crippen LogP contribution is -2.40. The minimum Gasteiger partial charge on any atom is -0.314 e. The zero-order valence-electron chi connectivity index (χ0n) is 12.6. The highest BCUT2D eigenvalue weighted by molar-refractivity contribution is 5.24. The van der Waals surface area contributed by atoms with E-state index in [-0.39, 0.29) is 5.41 Å². The summed E-state index contributed by atoms with van der Waals surface area (Å²) in [5.74, 6) is 0. The van der Waals surface area contributed by atoms with Gasteiger partial charge in [-0.1, -0.05) is 39.8 Å². The van der Waals surface area contributed by atoms with Gasteiger partial charge < -0.3 is 5.32 Å². The summed E-state index contributed by atoms with van der Waals surface area (Å²) in [6.07, 6.45) is -2.55. The number of halogens is 3. The normalized spacial score (nSPS) is 14.3. The number of nitrogens with one attached hydrogen (secondary N) is 1. The Morgan fingerprint density at radius 1 is 1.05 bits per heavy atom. The average molecular weight is 287 g/mol. The van der Waals surface area contributed by atoms with Crippen LogP contribution in [-0.4, -0.2) is 12.6 Å². The van der Waals surface area contributed by atoms with Crippen LogP contribution in [0.4, 0.5) is 13.2 Å². The zero-order valence-corrected chi connectivity index (χ0v) is 12.6. The molecule has 0 aliphatic rings. The van der Waals surface area contributed by atoms with Gasteiger partial charge >= 0.3 is 6.18 Å². The first-order valence-corrected chi connectivity index (χ1v) is 7.04. The molecule has 1 unspecified atom stereocenters. The number of aryl methyl sites for hydroxylation is 1. The fraction of sp³-hybridized carbons (Fsp3) is 0.625. The van der Waals surface area contributed by atoms with E-state index in [0.717, 1.165) is 37.1 Å². The van der Waals surface area contributed by atoms with Crippen molar-refractivity contribution >= 4 is 0 Å². The van der Waals surface area contributed by atoms with Gasteiger partial charge in [0.05, 0.1) is 5.56 Å². The lowest BCUT2D eigenvalue weighted by Gasteiger charge is -2.31. The maximum absolute atomic E-state index is 12.5. The van der Waals surface area contributed by atoms with Crippen molar-refractivity contribution < 1.29 is 13.2 Å². The van der Waals surface area contributed by atoms with Gasteiger partial charge in [-0.3, -0.25) is 0 Å². The van der Waals surface area contributed by atoms with Gasteiger partial charge in [0.25, 0.3) is 0 Å². The molecule has 1 rings (SSSR count). The third kappa shape index (κ3) is 5.16. The number of rotatable bonds is 5. The molecular weight excluding hydrogens is 263 g/mol. The number of alkyl halides is 3. The number of benzene rings is 1. The quantitative estimate of drug-likeness (QED) is 0.830. The van der Waals surface area contributed by atoms with Crippen molar-refractivity contribution in [2.24, 2.45) is 5.41 Å². The van der Waals surface area contributed by atoms with Gasteiger partial charge in [0, 0.05) is 6.04 Å². The highest BCUT2D eigenvalue weighted by Crippen LogP contribution is 2.29. The molecule has 4 heteroatoms. The van der Waals surface area contributed by atoms with E-state index in [9.17, 15) is 13.2 Å². The predicted octanol–water partition coefficient (Wildman–Crippen LogP) is 4.66. The van der Waals surface area contributed by atoms with Crippen LogP contribution in [0, 0.1) is 5.41 Å². The molecule has 0 radical (unpaired) electrons. The Kier molecular flexibility index (Phi) is 5.63. The SMILES string of the molecule is CCNC(CCc1ccc(C(F)(F)F)cc1)C(C)(C)C. The summed E-state index contributed by atoms with van der Waals surface area (Å²) in [6, 6.07) is 5.83. The Hall–Kier alpha value is -1.03. The minimum absolute atomic E-state index is 0.141. The highest BCUT2D eigenvalue weighted by Gasteiger charge is 2.30. The molecular formula is C16H24F3N. The summed E-state index contributed by atoms with van der Waals surface area (Å²) >= 11 is 0. The number of hydrogen-bond acceptors (Lipinski definition) is 1. The van der Waals surface area contributed by atoms with Gasteiger partial charge in [0.2, 0.25) is 0 Å². The van der Waals surface area contributed by atoms with Gasteiger partial charge in [-0.15, -0.1) is 0 Å². The summed E-state index contributed by atoms with van der Waals surface area (Å²) in [5.41, 5.74) is 0.507. The summed E-state index contributed by atoms with van der Waals surface area (Å²) in [7, 11) is 0. The first-order valence-electron chi connectivity index (χ1n) is 7.04. The second-order valence-electron chi connectivity index (χ2n) is 6.21. The second kappa shape index (κ2) is 6.61. The molecule has 0 saturated carbocycles. The fourth-order valence-electron chi connectivity index (χ4n) is 2.26. The Morgan fingerprint density at radius 3 is 2.00 bits per heavy atom. The first-order chi connectivity index (χ1) is 9.14. The van der Waals surface area contributed by atoms with E-state index in [1.165, 1.54) is 0 Å². The topological polar surface area (TPSA) is 12.0 Å². The van der Waals surface area contributed by atoms with E-state index >= 15 is 0 Å². The third-order valence-electron chi connectivity index (χ3n) is 3.50. The summed E-state index contributed by atoms with van der Waals surface area (Å²) in [6.45, 7) is 9.49. The molecule has 0 saturated heterocycles. The van der Waals surface area contributed by atoms with Gasteiger partial charge in [-0.05, 0) is 42.5 Å². The van der Waals surface area contributed by atoms with Crippen molar-refractivity contribution in [3.05, 3.63) is 35.4 Å². The van der Waals surface area contributed by atoms with Crippen LogP contribution in [0.2, 0.25) is 0 Å². The van der Waals surface area contributed by atoms with Gasteiger partial charge in [0.15, 0.2) is 0 Å². The zero-order chi connectivity index (χ0) is 15.4. The fourth-order valence-corrected chi connectivity index (χ4v) is 2.26. The highest BCUT2D eigenvalue weighted by atomic mass is 19.4. The summed E-state index contributed by atoms with van der Waals surface area (Å²) in [5, 5.41) is 3.45. The van der Waals surface area contributed by atoms with E-state index in [4.69, 9.17) is 0 Å². The summed E-state index contributed by atoms with van der Waals surface area (Å²) < 4.78 is 37.4. The van der Waals surface area contributed by atoms with Crippen LogP contribution in [0.5, 0.6) is 0 Å². The molecule has 0 aliphatic carbocycles. The Bertz CT molecular complexity index is 401. The largest absolute Gasteiger partial charge is 0.416 e. The average Bonchev–Trinajstić information content (AvgIpc) is 2.32. The first kappa shape index (κ1) is 17.0. The van der Waals surface area contributed by atoms with Crippen LogP contribution < -0.4 is 5.32 Å². The molecule has 1 aromatic rings. The van der Waals surface area contributed by atoms with Crippen molar-refractivity contribution in [3.8, 4) is 0 Å². The van der Waals surface area contributed by atoms with Gasteiger partial charge in [-0.2, -0.15) is 13.2 Å². The maximum Gasteiger partial charge on any atom is 0.416 e. The van der Waals surface area contributed by atoms with Gasteiger partial charge in [-0.25, -0.2) is 0 Å². The van der Waals surface area contributed by atoms with E-state index in [1.807, 2.05) is 0 Å². The molecule has 1 aromatic carbocycles. The molecule has 1 N–H and O–H groups in total. The van der Waals surface area contributed by atoms with E-state index < -0.39 is 11.7 Å². The molecule has 0 amide bonds. The second-order valence-corrected chi connectivity index (χ2v) is 6.21. The Balaban J connectivity index is 2.65. The van der Waals surface area contributed by atoms with Crippen LogP contribution in [0.1, 0.15) is 45.2 Å². The van der Waals surface area contributed by atoms with E-state index in [0.29, 0.717) is 6.04 Å². The van der Waals surface area contributed by atoms with Crippen LogP contribution in [0.15, 0.2) is 24.3 Å². The maximum atomic E-state index is 12.5. The Labute approximate surface area is 119 Å². The number of hydrogen-bond donors (Lipinski definition) is 1. The molecule has 0 aromatic heterocycles. The van der Waals surface area contributed by atoms with Crippen molar-refractivity contribution in [2.45, 2.75) is 52.8 Å². The van der Waals surface area contributed by atoms with E-state index in [1.54, 1.807) is 12.1 Å². The smallest absolute Gasteiger partial charge is 0.314 e. The van der Waals surface area contributed by atoms with E-state index in [2.05, 4.69) is 33.0 Å². The molecule has 0 fully saturated rings. The van der Waals surface area contributed by atoms with Crippen molar-refractivity contribution in [3.63, 3.8) is 0 Å². The molecule has 1 atom stereocenters. The van der Waals surface area contributed by atoms with Crippen LogP contribution in [-0.2, 0) is 12.6 Å². The predicted molar refractivity (Wildman–Crippen MR) is 76.7 cm³/mol. The molecule has 114 valence electrons. The lowest BCUT2D eigenvalue weighted by atomic mass is 9.83. The third-order valence-corrected chi connectivity index (χ3v) is 3.50. The molecule has 0 spiro atoms. The summed E-state index contributed by atoms with van der Waals surface area (Å²) in [4.78, 5) is 0. The van der Waals surface area contributed by atoms with Gasteiger partial charge in [0.1, 0.15) is 0 Å². The minimum atomic E-state index is -4.25. The molecule has 1 nitrogen and oxygen atoms in total. The molecule has 0 aliphatic heterocycles. The van der Waals surface area contributed by atoms with Crippen molar-refractivity contribution in [2.75, 3.05) is 6.54 Å². The van der Waals surface area contributed by atoms with Crippen molar-refractivity contribution in [1.82, 2.24) is 5.32 Å². The van der Waals surface area contributed by atoms with Crippen LogP contribution >= 0.6 is 0 Å². The lowest BCUT2D eigenvalue weighted by molar-refractivity contribution is -0.137. The van der Waals surface area contributed by atoms with Crippen LogP contribution in [0.25, 0.3) is 0 Å². The van der Waals surface area contributed by atoms with Crippen molar-refractivity contribution in [1.29, 1.82) is 0 Å². The Morgan fingerprint density at radius 2 is 1.60 bits per heavy atom. The monoisotopic (exact) mass is 287 g/mol. The molecule has 0 bridgehead atoms. The standard InChI is InChI=1S/C16H24F3N/c1-5-20-14(15(2,3)4)11-8-12-6-9-13(10-7-12)16(17,18)19/h6-7,9-10,14,20H,5,8,11H2,1-4H3. The molecule has 0 heterocycles. The molecule has 20 heavy (non-hydrogen) atoms.